The zero-order valence-corrected chi connectivity index (χ0v) is 13.0. The molecule has 2 aromatic heterocycles. The summed E-state index contributed by atoms with van der Waals surface area (Å²) in [5.41, 5.74) is 1.60. The molecule has 3 rings (SSSR count). The van der Waals surface area contributed by atoms with Crippen LogP contribution in [0.2, 0.25) is 0 Å². The van der Waals surface area contributed by atoms with Crippen molar-refractivity contribution >= 4 is 0 Å². The van der Waals surface area contributed by atoms with Gasteiger partial charge >= 0.3 is 0 Å². The van der Waals surface area contributed by atoms with Crippen LogP contribution in [0.3, 0.4) is 0 Å². The third-order valence-corrected chi connectivity index (χ3v) is 3.11. The van der Waals surface area contributed by atoms with Gasteiger partial charge in [0, 0.05) is 29.6 Å². The second-order valence-electron chi connectivity index (χ2n) is 4.72. The van der Waals surface area contributed by atoms with Crippen LogP contribution in [-0.4, -0.2) is 28.3 Å². The van der Waals surface area contributed by atoms with Crippen LogP contribution in [0.15, 0.2) is 47.2 Å². The van der Waals surface area contributed by atoms with Crippen molar-refractivity contribution in [1.29, 1.82) is 0 Å². The van der Waals surface area contributed by atoms with E-state index in [1.165, 1.54) is 0 Å². The van der Waals surface area contributed by atoms with E-state index >= 15 is 0 Å². The topological polar surface area (TPSA) is 70.3 Å². The summed E-state index contributed by atoms with van der Waals surface area (Å²) in [5, 5.41) is 4.02. The molecule has 3 aromatic rings. The minimum absolute atomic E-state index is 0.416. The standard InChI is InChI=1S/C17H17N3O3/c1-3-21-14-9-13(10-15(11-14)22-4-2)17-19-16(20-23-17)12-5-7-18-8-6-12/h5-11H,3-4H2,1-2H3. The van der Waals surface area contributed by atoms with Gasteiger partial charge in [0.05, 0.1) is 13.2 Å². The Morgan fingerprint density at radius 2 is 1.57 bits per heavy atom. The second kappa shape index (κ2) is 6.91. The van der Waals surface area contributed by atoms with Crippen LogP contribution in [-0.2, 0) is 0 Å². The quantitative estimate of drug-likeness (QED) is 0.693. The van der Waals surface area contributed by atoms with Gasteiger partial charge in [-0.1, -0.05) is 5.16 Å². The van der Waals surface area contributed by atoms with E-state index in [2.05, 4.69) is 15.1 Å². The molecule has 1 aromatic carbocycles. The molecule has 0 amide bonds. The zero-order chi connectivity index (χ0) is 16.1. The van der Waals surface area contributed by atoms with Crippen molar-refractivity contribution in [3.8, 4) is 34.3 Å². The van der Waals surface area contributed by atoms with Gasteiger partial charge in [-0.2, -0.15) is 4.98 Å². The molecule has 0 aliphatic carbocycles. The molecule has 0 fully saturated rings. The van der Waals surface area contributed by atoms with Crippen molar-refractivity contribution in [2.45, 2.75) is 13.8 Å². The van der Waals surface area contributed by atoms with E-state index in [1.54, 1.807) is 12.4 Å². The normalized spacial score (nSPS) is 10.5. The van der Waals surface area contributed by atoms with Crippen LogP contribution in [0, 0.1) is 0 Å². The fourth-order valence-corrected chi connectivity index (χ4v) is 2.15. The molecule has 0 spiro atoms. The van der Waals surface area contributed by atoms with Gasteiger partial charge in [0.15, 0.2) is 0 Å². The predicted molar refractivity (Wildman–Crippen MR) is 85.3 cm³/mol. The van der Waals surface area contributed by atoms with Crippen molar-refractivity contribution in [2.75, 3.05) is 13.2 Å². The molecule has 0 saturated carbocycles. The van der Waals surface area contributed by atoms with Crippen LogP contribution in [0.5, 0.6) is 11.5 Å². The van der Waals surface area contributed by atoms with E-state index < -0.39 is 0 Å². The first-order valence-corrected chi connectivity index (χ1v) is 7.45. The Balaban J connectivity index is 1.96. The molecule has 0 bridgehead atoms. The Kier molecular flexibility index (Phi) is 4.52. The average Bonchev–Trinajstić information content (AvgIpc) is 3.06. The zero-order valence-electron chi connectivity index (χ0n) is 13.0. The highest BCUT2D eigenvalue weighted by Crippen LogP contribution is 2.30. The minimum atomic E-state index is 0.416. The van der Waals surface area contributed by atoms with Crippen LogP contribution in [0.1, 0.15) is 13.8 Å². The van der Waals surface area contributed by atoms with E-state index in [9.17, 15) is 0 Å². The van der Waals surface area contributed by atoms with E-state index in [-0.39, 0.29) is 0 Å². The van der Waals surface area contributed by atoms with E-state index in [0.717, 1.165) is 11.1 Å². The molecular formula is C17H17N3O3. The first kappa shape index (κ1) is 15.0. The third-order valence-electron chi connectivity index (χ3n) is 3.11. The first-order chi connectivity index (χ1) is 11.3. The monoisotopic (exact) mass is 311 g/mol. The molecule has 2 heterocycles. The van der Waals surface area contributed by atoms with Gasteiger partial charge in [-0.15, -0.1) is 0 Å². The maximum Gasteiger partial charge on any atom is 0.258 e. The summed E-state index contributed by atoms with van der Waals surface area (Å²) in [6.45, 7) is 5.00. The summed E-state index contributed by atoms with van der Waals surface area (Å²) >= 11 is 0. The molecule has 0 radical (unpaired) electrons. The Morgan fingerprint density at radius 3 is 2.17 bits per heavy atom. The Morgan fingerprint density at radius 1 is 0.913 bits per heavy atom. The molecule has 0 unspecified atom stereocenters. The highest BCUT2D eigenvalue weighted by molar-refractivity contribution is 5.62. The van der Waals surface area contributed by atoms with Gasteiger partial charge < -0.3 is 14.0 Å². The number of pyridine rings is 1. The number of ether oxygens (including phenoxy) is 2. The van der Waals surface area contributed by atoms with Crippen molar-refractivity contribution in [3.05, 3.63) is 42.7 Å². The second-order valence-corrected chi connectivity index (χ2v) is 4.72. The largest absolute Gasteiger partial charge is 0.494 e. The lowest BCUT2D eigenvalue weighted by Crippen LogP contribution is -1.96. The minimum Gasteiger partial charge on any atom is -0.494 e. The van der Waals surface area contributed by atoms with E-state index in [4.69, 9.17) is 14.0 Å². The lowest BCUT2D eigenvalue weighted by atomic mass is 10.2. The highest BCUT2D eigenvalue weighted by atomic mass is 16.5. The number of aromatic nitrogens is 3. The maximum absolute atomic E-state index is 5.57. The van der Waals surface area contributed by atoms with Crippen molar-refractivity contribution in [2.24, 2.45) is 0 Å². The maximum atomic E-state index is 5.57. The van der Waals surface area contributed by atoms with E-state index in [1.807, 2.05) is 44.2 Å². The molecule has 0 N–H and O–H groups in total. The van der Waals surface area contributed by atoms with Gasteiger partial charge in [0.1, 0.15) is 11.5 Å². The lowest BCUT2D eigenvalue weighted by Gasteiger charge is -2.08. The van der Waals surface area contributed by atoms with Gasteiger partial charge in [0.2, 0.25) is 5.82 Å². The molecule has 6 nitrogen and oxygen atoms in total. The van der Waals surface area contributed by atoms with Crippen LogP contribution >= 0.6 is 0 Å². The molecule has 0 atom stereocenters. The highest BCUT2D eigenvalue weighted by Gasteiger charge is 2.13. The number of benzene rings is 1. The first-order valence-electron chi connectivity index (χ1n) is 7.45. The van der Waals surface area contributed by atoms with Crippen LogP contribution in [0.4, 0.5) is 0 Å². The fourth-order valence-electron chi connectivity index (χ4n) is 2.15. The number of rotatable bonds is 6. The van der Waals surface area contributed by atoms with Gasteiger partial charge in [-0.25, -0.2) is 0 Å². The number of nitrogens with zero attached hydrogens (tertiary/aromatic N) is 3. The number of hydrogen-bond donors (Lipinski definition) is 0. The molecule has 0 saturated heterocycles. The molecule has 118 valence electrons. The smallest absolute Gasteiger partial charge is 0.258 e. The fraction of sp³-hybridized carbons (Fsp3) is 0.235. The summed E-state index contributed by atoms with van der Waals surface area (Å²) in [6, 6.07) is 9.22. The Bertz CT molecular complexity index is 748. The number of hydrogen-bond acceptors (Lipinski definition) is 6. The third kappa shape index (κ3) is 3.48. The van der Waals surface area contributed by atoms with Crippen molar-refractivity contribution in [1.82, 2.24) is 15.1 Å². The van der Waals surface area contributed by atoms with Gasteiger partial charge in [-0.05, 0) is 38.1 Å². The van der Waals surface area contributed by atoms with Gasteiger partial charge in [-0.3, -0.25) is 4.98 Å². The van der Waals surface area contributed by atoms with Crippen LogP contribution < -0.4 is 9.47 Å². The predicted octanol–water partition coefficient (Wildman–Crippen LogP) is 3.60. The lowest BCUT2D eigenvalue weighted by molar-refractivity contribution is 0.323. The van der Waals surface area contributed by atoms with Crippen molar-refractivity contribution in [3.63, 3.8) is 0 Å². The molecule has 0 aliphatic rings. The summed E-state index contributed by atoms with van der Waals surface area (Å²) in [5.74, 6) is 2.34. The van der Waals surface area contributed by atoms with Crippen molar-refractivity contribution < 1.29 is 14.0 Å². The summed E-state index contributed by atoms with van der Waals surface area (Å²) in [6.07, 6.45) is 3.38. The molecule has 6 heteroatoms. The Hall–Kier alpha value is -2.89. The summed E-state index contributed by atoms with van der Waals surface area (Å²) in [4.78, 5) is 8.42. The van der Waals surface area contributed by atoms with E-state index in [0.29, 0.717) is 36.4 Å². The molecular weight excluding hydrogens is 294 g/mol. The Labute approximate surface area is 134 Å². The average molecular weight is 311 g/mol. The SMILES string of the molecule is CCOc1cc(OCC)cc(-c2nc(-c3ccncc3)no2)c1. The summed E-state index contributed by atoms with van der Waals surface area (Å²) < 4.78 is 16.5. The summed E-state index contributed by atoms with van der Waals surface area (Å²) in [7, 11) is 0. The molecule has 23 heavy (non-hydrogen) atoms. The van der Waals surface area contributed by atoms with Gasteiger partial charge in [0.25, 0.3) is 5.89 Å². The molecule has 0 aliphatic heterocycles. The van der Waals surface area contributed by atoms with Crippen LogP contribution in [0.25, 0.3) is 22.8 Å².